The molecule has 2 rings (SSSR count). The molecule has 0 aromatic carbocycles. The van der Waals surface area contributed by atoms with Gasteiger partial charge in [0.2, 0.25) is 0 Å². The zero-order chi connectivity index (χ0) is 15.9. The van der Waals surface area contributed by atoms with E-state index in [0.29, 0.717) is 17.7 Å². The molecule has 1 saturated heterocycles. The molecule has 2 unspecified atom stereocenters. The Bertz CT molecular complexity index is 527. The van der Waals surface area contributed by atoms with Gasteiger partial charge < -0.3 is 15.4 Å². The minimum absolute atomic E-state index is 0.0875. The molecule has 1 aromatic rings. The average molecular weight is 305 g/mol. The Morgan fingerprint density at radius 2 is 2.09 bits per heavy atom. The van der Waals surface area contributed by atoms with Crippen LogP contribution in [0.2, 0.25) is 0 Å². The highest BCUT2D eigenvalue weighted by atomic mass is 16.5. The molecule has 1 aromatic heterocycles. The van der Waals surface area contributed by atoms with Crippen LogP contribution in [0.25, 0.3) is 0 Å². The van der Waals surface area contributed by atoms with E-state index in [-0.39, 0.29) is 24.0 Å². The Hall–Kier alpha value is -1.95. The van der Waals surface area contributed by atoms with Crippen LogP contribution in [0.15, 0.2) is 18.5 Å². The number of aromatic nitrogens is 1. The Kier molecular flexibility index (Phi) is 5.89. The average Bonchev–Trinajstić information content (AvgIpc) is 3.06. The summed E-state index contributed by atoms with van der Waals surface area (Å²) in [5.41, 5.74) is 0.778. The second-order valence-electron chi connectivity index (χ2n) is 5.59. The zero-order valence-corrected chi connectivity index (χ0v) is 13.1. The van der Waals surface area contributed by atoms with Gasteiger partial charge in [0.15, 0.2) is 0 Å². The van der Waals surface area contributed by atoms with Gasteiger partial charge in [0.1, 0.15) is 0 Å². The number of carbonyl (C=O) groups is 2. The van der Waals surface area contributed by atoms with Crippen molar-refractivity contribution in [1.82, 2.24) is 15.6 Å². The van der Waals surface area contributed by atoms with Crippen LogP contribution < -0.4 is 10.6 Å². The second kappa shape index (κ2) is 7.89. The van der Waals surface area contributed by atoms with E-state index in [2.05, 4.69) is 15.6 Å². The zero-order valence-electron chi connectivity index (χ0n) is 13.1. The second-order valence-corrected chi connectivity index (χ2v) is 5.59. The lowest BCUT2D eigenvalue weighted by Crippen LogP contribution is -2.33. The molecule has 22 heavy (non-hydrogen) atoms. The molecule has 6 heteroatoms. The summed E-state index contributed by atoms with van der Waals surface area (Å²) in [4.78, 5) is 28.2. The highest BCUT2D eigenvalue weighted by Gasteiger charge is 2.17. The van der Waals surface area contributed by atoms with E-state index >= 15 is 0 Å². The Labute approximate surface area is 130 Å². The van der Waals surface area contributed by atoms with E-state index in [1.807, 2.05) is 13.8 Å². The van der Waals surface area contributed by atoms with Crippen LogP contribution in [0.4, 0.5) is 0 Å². The molecule has 0 bridgehead atoms. The molecule has 2 amide bonds. The number of amides is 2. The molecule has 2 atom stereocenters. The van der Waals surface area contributed by atoms with Crippen molar-refractivity contribution >= 4 is 11.8 Å². The fraction of sp³-hybridized carbons (Fsp3) is 0.562. The molecule has 0 aliphatic carbocycles. The number of ether oxygens (including phenoxy) is 1. The van der Waals surface area contributed by atoms with Gasteiger partial charge >= 0.3 is 0 Å². The van der Waals surface area contributed by atoms with Crippen molar-refractivity contribution < 1.29 is 14.3 Å². The minimum Gasteiger partial charge on any atom is -0.376 e. The number of pyridine rings is 1. The summed E-state index contributed by atoms with van der Waals surface area (Å²) in [7, 11) is 0. The quantitative estimate of drug-likeness (QED) is 0.835. The Morgan fingerprint density at radius 3 is 2.73 bits per heavy atom. The predicted octanol–water partition coefficient (Wildman–Crippen LogP) is 1.52. The van der Waals surface area contributed by atoms with Gasteiger partial charge in [-0.25, -0.2) is 0 Å². The number of rotatable bonds is 6. The highest BCUT2D eigenvalue weighted by Crippen LogP contribution is 2.11. The van der Waals surface area contributed by atoms with Crippen LogP contribution >= 0.6 is 0 Å². The lowest BCUT2D eigenvalue weighted by molar-refractivity contribution is 0.0857. The predicted molar refractivity (Wildman–Crippen MR) is 82.8 cm³/mol. The molecular formula is C16H23N3O3. The number of nitrogens with zero attached hydrogens (tertiary/aromatic N) is 1. The molecule has 6 nitrogen and oxygen atoms in total. The number of nitrogens with one attached hydrogen (secondary N) is 2. The van der Waals surface area contributed by atoms with Crippen LogP contribution in [-0.4, -0.2) is 42.1 Å². The van der Waals surface area contributed by atoms with E-state index < -0.39 is 0 Å². The summed E-state index contributed by atoms with van der Waals surface area (Å²) in [5.74, 6) is -0.447. The van der Waals surface area contributed by atoms with Gasteiger partial charge in [0, 0.05) is 31.6 Å². The molecule has 1 aliphatic heterocycles. The SMILES string of the molecule is CCC(C)NC(=O)c1cncc(C(=O)NCC2CCCO2)c1. The largest absolute Gasteiger partial charge is 0.376 e. The van der Waals surface area contributed by atoms with Gasteiger partial charge in [-0.15, -0.1) is 0 Å². The van der Waals surface area contributed by atoms with Crippen LogP contribution in [0.3, 0.4) is 0 Å². The smallest absolute Gasteiger partial charge is 0.253 e. The van der Waals surface area contributed by atoms with Crippen molar-refractivity contribution in [2.75, 3.05) is 13.2 Å². The van der Waals surface area contributed by atoms with Gasteiger partial charge in [-0.3, -0.25) is 14.6 Å². The lowest BCUT2D eigenvalue weighted by atomic mass is 10.1. The number of carbonyl (C=O) groups excluding carboxylic acids is 2. The lowest BCUT2D eigenvalue weighted by Gasteiger charge is -2.12. The number of hydrogen-bond donors (Lipinski definition) is 2. The molecular weight excluding hydrogens is 282 g/mol. The first kappa shape index (κ1) is 16.4. The monoisotopic (exact) mass is 305 g/mol. The first-order valence-electron chi connectivity index (χ1n) is 7.76. The molecule has 2 heterocycles. The molecule has 0 radical (unpaired) electrons. The molecule has 1 fully saturated rings. The van der Waals surface area contributed by atoms with Gasteiger partial charge in [0.05, 0.1) is 17.2 Å². The maximum atomic E-state index is 12.1. The first-order chi connectivity index (χ1) is 10.6. The summed E-state index contributed by atoms with van der Waals surface area (Å²) in [6, 6.07) is 1.65. The highest BCUT2D eigenvalue weighted by molar-refractivity contribution is 5.99. The van der Waals surface area contributed by atoms with Crippen molar-refractivity contribution in [2.45, 2.75) is 45.3 Å². The van der Waals surface area contributed by atoms with Crippen LogP contribution in [0, 0.1) is 0 Å². The molecule has 120 valence electrons. The maximum Gasteiger partial charge on any atom is 0.253 e. The topological polar surface area (TPSA) is 80.3 Å². The van der Waals surface area contributed by atoms with Gasteiger partial charge in [-0.05, 0) is 32.3 Å². The fourth-order valence-corrected chi connectivity index (χ4v) is 2.21. The van der Waals surface area contributed by atoms with E-state index in [0.717, 1.165) is 25.9 Å². The van der Waals surface area contributed by atoms with Crippen molar-refractivity contribution in [2.24, 2.45) is 0 Å². The van der Waals surface area contributed by atoms with E-state index in [1.54, 1.807) is 6.07 Å². The summed E-state index contributed by atoms with van der Waals surface area (Å²) < 4.78 is 5.46. The van der Waals surface area contributed by atoms with Crippen molar-refractivity contribution in [3.05, 3.63) is 29.6 Å². The minimum atomic E-state index is -0.235. The van der Waals surface area contributed by atoms with Crippen molar-refractivity contribution in [3.63, 3.8) is 0 Å². The van der Waals surface area contributed by atoms with E-state index in [4.69, 9.17) is 4.74 Å². The fourth-order valence-electron chi connectivity index (χ4n) is 2.21. The normalized spacial score (nSPS) is 18.7. The van der Waals surface area contributed by atoms with Gasteiger partial charge in [0.25, 0.3) is 11.8 Å². The van der Waals surface area contributed by atoms with Gasteiger partial charge in [-0.1, -0.05) is 6.92 Å². The van der Waals surface area contributed by atoms with Crippen LogP contribution in [0.1, 0.15) is 53.8 Å². The summed E-state index contributed by atoms with van der Waals surface area (Å²) >= 11 is 0. The molecule has 2 N–H and O–H groups in total. The summed E-state index contributed by atoms with van der Waals surface area (Å²) in [6.45, 7) is 5.18. The molecule has 0 saturated carbocycles. The third-order valence-electron chi connectivity index (χ3n) is 3.77. The van der Waals surface area contributed by atoms with Crippen LogP contribution in [0.5, 0.6) is 0 Å². The summed E-state index contributed by atoms with van der Waals surface area (Å²) in [5, 5.41) is 5.68. The number of hydrogen-bond acceptors (Lipinski definition) is 4. The Balaban J connectivity index is 1.94. The van der Waals surface area contributed by atoms with E-state index in [9.17, 15) is 9.59 Å². The summed E-state index contributed by atoms with van der Waals surface area (Å²) in [6.07, 6.45) is 5.87. The van der Waals surface area contributed by atoms with E-state index in [1.165, 1.54) is 12.4 Å². The third kappa shape index (κ3) is 4.53. The van der Waals surface area contributed by atoms with Crippen LogP contribution in [-0.2, 0) is 4.74 Å². The van der Waals surface area contributed by atoms with Crippen molar-refractivity contribution in [1.29, 1.82) is 0 Å². The maximum absolute atomic E-state index is 12.1. The molecule has 0 spiro atoms. The standard InChI is InChI=1S/C16H23N3O3/c1-3-11(2)19-16(21)13-7-12(8-17-9-13)15(20)18-10-14-5-4-6-22-14/h7-9,11,14H,3-6,10H2,1-2H3,(H,18,20)(H,19,21). The molecule has 1 aliphatic rings. The Morgan fingerprint density at radius 1 is 1.36 bits per heavy atom. The van der Waals surface area contributed by atoms with Crippen molar-refractivity contribution in [3.8, 4) is 0 Å². The first-order valence-corrected chi connectivity index (χ1v) is 7.76. The van der Waals surface area contributed by atoms with Gasteiger partial charge in [-0.2, -0.15) is 0 Å². The third-order valence-corrected chi connectivity index (χ3v) is 3.77.